The van der Waals surface area contributed by atoms with Gasteiger partial charge in [-0.15, -0.1) is 0 Å². The van der Waals surface area contributed by atoms with Crippen LogP contribution in [0.1, 0.15) is 23.2 Å². The van der Waals surface area contributed by atoms with Gasteiger partial charge < -0.3 is 4.90 Å². The van der Waals surface area contributed by atoms with E-state index in [1.165, 1.54) is 0 Å². The van der Waals surface area contributed by atoms with Crippen LogP contribution in [0.2, 0.25) is 5.15 Å². The van der Waals surface area contributed by atoms with Crippen LogP contribution in [0.3, 0.4) is 0 Å². The molecule has 1 aromatic heterocycles. The van der Waals surface area contributed by atoms with Crippen molar-refractivity contribution in [3.8, 4) is 0 Å². The highest BCUT2D eigenvalue weighted by atomic mass is 35.5. The molecule has 1 fully saturated rings. The summed E-state index contributed by atoms with van der Waals surface area (Å²) in [6, 6.07) is 1.13. The minimum Gasteiger partial charge on any atom is -0.341 e. The zero-order valence-corrected chi connectivity index (χ0v) is 9.67. The van der Waals surface area contributed by atoms with E-state index < -0.39 is 5.82 Å². The number of hydrogen-bond donors (Lipinski definition) is 0. The number of pyridine rings is 1. The molecule has 1 amide bonds. The SMILES string of the molecule is CN(CC1CC1)C(=O)c1cc(F)cnc1Cl. The predicted molar refractivity (Wildman–Crippen MR) is 58.9 cm³/mol. The van der Waals surface area contributed by atoms with Crippen LogP contribution in [0.5, 0.6) is 0 Å². The van der Waals surface area contributed by atoms with Gasteiger partial charge in [-0.2, -0.15) is 0 Å². The second-order valence-electron chi connectivity index (χ2n) is 4.12. The molecule has 0 unspecified atom stereocenters. The Hall–Kier alpha value is -1.16. The highest BCUT2D eigenvalue weighted by molar-refractivity contribution is 6.32. The highest BCUT2D eigenvalue weighted by Gasteiger charge is 2.26. The third-order valence-corrected chi connectivity index (χ3v) is 2.91. The molecule has 3 nitrogen and oxygen atoms in total. The van der Waals surface area contributed by atoms with Crippen LogP contribution in [0.4, 0.5) is 4.39 Å². The number of halogens is 2. The molecule has 1 aliphatic carbocycles. The van der Waals surface area contributed by atoms with Crippen molar-refractivity contribution in [3.05, 3.63) is 28.8 Å². The van der Waals surface area contributed by atoms with Gasteiger partial charge in [-0.05, 0) is 24.8 Å². The van der Waals surface area contributed by atoms with E-state index >= 15 is 0 Å². The summed E-state index contributed by atoms with van der Waals surface area (Å²) in [5.74, 6) is -0.231. The lowest BCUT2D eigenvalue weighted by atomic mass is 10.2. The van der Waals surface area contributed by atoms with Gasteiger partial charge >= 0.3 is 0 Å². The molecule has 2 rings (SSSR count). The maximum Gasteiger partial charge on any atom is 0.256 e. The summed E-state index contributed by atoms with van der Waals surface area (Å²) in [4.78, 5) is 17.1. The number of aromatic nitrogens is 1. The fourth-order valence-electron chi connectivity index (χ4n) is 1.55. The van der Waals surface area contributed by atoms with Crippen LogP contribution in [-0.4, -0.2) is 29.4 Å². The van der Waals surface area contributed by atoms with Gasteiger partial charge in [0.1, 0.15) is 11.0 Å². The molecule has 86 valence electrons. The van der Waals surface area contributed by atoms with Crippen molar-refractivity contribution in [3.63, 3.8) is 0 Å². The van der Waals surface area contributed by atoms with Gasteiger partial charge in [-0.3, -0.25) is 4.79 Å². The van der Waals surface area contributed by atoms with Crippen LogP contribution < -0.4 is 0 Å². The van der Waals surface area contributed by atoms with E-state index in [0.717, 1.165) is 25.1 Å². The van der Waals surface area contributed by atoms with Crippen molar-refractivity contribution >= 4 is 17.5 Å². The fourth-order valence-corrected chi connectivity index (χ4v) is 1.73. The topological polar surface area (TPSA) is 33.2 Å². The van der Waals surface area contributed by atoms with Gasteiger partial charge in [0.25, 0.3) is 5.91 Å². The van der Waals surface area contributed by atoms with E-state index in [2.05, 4.69) is 4.98 Å². The third kappa shape index (κ3) is 2.50. The normalized spacial score (nSPS) is 14.9. The maximum atomic E-state index is 13.0. The lowest BCUT2D eigenvalue weighted by Crippen LogP contribution is -2.29. The Morgan fingerprint density at radius 3 is 3.00 bits per heavy atom. The van der Waals surface area contributed by atoms with Gasteiger partial charge in [0.2, 0.25) is 0 Å². The summed E-state index contributed by atoms with van der Waals surface area (Å²) >= 11 is 5.76. The molecule has 16 heavy (non-hydrogen) atoms. The Kier molecular flexibility index (Phi) is 3.10. The van der Waals surface area contributed by atoms with Crippen LogP contribution in [0.15, 0.2) is 12.3 Å². The van der Waals surface area contributed by atoms with E-state index in [-0.39, 0.29) is 16.6 Å². The smallest absolute Gasteiger partial charge is 0.256 e. The van der Waals surface area contributed by atoms with Gasteiger partial charge in [-0.25, -0.2) is 9.37 Å². The second kappa shape index (κ2) is 4.37. The molecular weight excluding hydrogens is 231 g/mol. The average molecular weight is 243 g/mol. The quantitative estimate of drug-likeness (QED) is 0.763. The zero-order valence-electron chi connectivity index (χ0n) is 8.91. The fraction of sp³-hybridized carbons (Fsp3) is 0.455. The number of carbonyl (C=O) groups is 1. The van der Waals surface area contributed by atoms with Crippen molar-refractivity contribution in [2.75, 3.05) is 13.6 Å². The zero-order chi connectivity index (χ0) is 11.7. The number of rotatable bonds is 3. The molecule has 1 aliphatic rings. The van der Waals surface area contributed by atoms with Crippen LogP contribution >= 0.6 is 11.6 Å². The second-order valence-corrected chi connectivity index (χ2v) is 4.48. The first-order valence-electron chi connectivity index (χ1n) is 5.14. The van der Waals surface area contributed by atoms with Gasteiger partial charge in [0.05, 0.1) is 11.8 Å². The van der Waals surface area contributed by atoms with Crippen molar-refractivity contribution in [2.24, 2.45) is 5.92 Å². The van der Waals surface area contributed by atoms with Gasteiger partial charge in [0.15, 0.2) is 0 Å². The van der Waals surface area contributed by atoms with Crippen molar-refractivity contribution in [1.29, 1.82) is 0 Å². The summed E-state index contributed by atoms with van der Waals surface area (Å²) in [7, 11) is 1.70. The predicted octanol–water partition coefficient (Wildman–Crippen LogP) is 2.36. The molecule has 0 N–H and O–H groups in total. The minimum absolute atomic E-state index is 0.0500. The van der Waals surface area contributed by atoms with E-state index in [9.17, 15) is 9.18 Å². The van der Waals surface area contributed by atoms with E-state index in [4.69, 9.17) is 11.6 Å². The lowest BCUT2D eigenvalue weighted by molar-refractivity contribution is 0.0788. The summed E-state index contributed by atoms with van der Waals surface area (Å²) in [5.41, 5.74) is 0.129. The molecule has 1 heterocycles. The minimum atomic E-state index is -0.549. The van der Waals surface area contributed by atoms with E-state index in [0.29, 0.717) is 12.5 Å². The van der Waals surface area contributed by atoms with E-state index in [1.54, 1.807) is 11.9 Å². The summed E-state index contributed by atoms with van der Waals surface area (Å²) in [5, 5.41) is 0.0500. The Balaban J connectivity index is 2.14. The summed E-state index contributed by atoms with van der Waals surface area (Å²) in [6.07, 6.45) is 3.32. The number of amides is 1. The standard InChI is InChI=1S/C11H12ClFN2O/c1-15(6-7-2-3-7)11(16)9-4-8(13)5-14-10(9)12/h4-5,7H,2-3,6H2,1H3. The number of carbonyl (C=O) groups excluding carboxylic acids is 1. The average Bonchev–Trinajstić information content (AvgIpc) is 3.04. The largest absolute Gasteiger partial charge is 0.341 e. The number of nitrogens with zero attached hydrogens (tertiary/aromatic N) is 2. The molecular formula is C11H12ClFN2O. The molecule has 0 spiro atoms. The highest BCUT2D eigenvalue weighted by Crippen LogP contribution is 2.30. The first kappa shape index (κ1) is 11.3. The molecule has 5 heteroatoms. The van der Waals surface area contributed by atoms with Gasteiger partial charge in [-0.1, -0.05) is 11.6 Å². The van der Waals surface area contributed by atoms with Crippen LogP contribution in [-0.2, 0) is 0 Å². The van der Waals surface area contributed by atoms with Crippen LogP contribution in [0, 0.1) is 11.7 Å². The molecule has 1 saturated carbocycles. The molecule has 0 aliphatic heterocycles. The monoisotopic (exact) mass is 242 g/mol. The molecule has 1 aromatic rings. The maximum absolute atomic E-state index is 13.0. The lowest BCUT2D eigenvalue weighted by Gasteiger charge is -2.17. The molecule has 0 saturated heterocycles. The Bertz CT molecular complexity index is 420. The Morgan fingerprint density at radius 2 is 2.38 bits per heavy atom. The third-order valence-electron chi connectivity index (χ3n) is 2.61. The van der Waals surface area contributed by atoms with Gasteiger partial charge in [0, 0.05) is 13.6 Å². The molecule has 0 bridgehead atoms. The van der Waals surface area contributed by atoms with E-state index in [1.807, 2.05) is 0 Å². The first-order valence-corrected chi connectivity index (χ1v) is 5.52. The summed E-state index contributed by atoms with van der Waals surface area (Å²) < 4.78 is 13.0. The van der Waals surface area contributed by atoms with Crippen molar-refractivity contribution < 1.29 is 9.18 Å². The number of hydrogen-bond acceptors (Lipinski definition) is 2. The molecule has 0 atom stereocenters. The molecule has 0 aromatic carbocycles. The summed E-state index contributed by atoms with van der Waals surface area (Å²) in [6.45, 7) is 0.700. The first-order chi connectivity index (χ1) is 7.58. The molecule has 0 radical (unpaired) electrons. The Morgan fingerprint density at radius 1 is 1.69 bits per heavy atom. The van der Waals surface area contributed by atoms with Crippen LogP contribution in [0.25, 0.3) is 0 Å². The van der Waals surface area contributed by atoms with Crippen molar-refractivity contribution in [2.45, 2.75) is 12.8 Å². The Labute approximate surface area is 98.2 Å². The van der Waals surface area contributed by atoms with Crippen molar-refractivity contribution in [1.82, 2.24) is 9.88 Å².